The lowest BCUT2D eigenvalue weighted by atomic mass is 9.81. The largest absolute Gasteiger partial charge is 0.342 e. The van der Waals surface area contributed by atoms with Crippen LogP contribution in [-0.2, 0) is 16.0 Å². The maximum atomic E-state index is 13.4. The predicted molar refractivity (Wildman–Crippen MR) is 128 cm³/mol. The minimum absolute atomic E-state index is 0.176. The fourth-order valence-electron chi connectivity index (χ4n) is 5.77. The number of piperidine rings is 2. The molecule has 2 amide bonds. The third kappa shape index (κ3) is 6.12. The van der Waals surface area contributed by atoms with Gasteiger partial charge in [0, 0.05) is 32.1 Å². The lowest BCUT2D eigenvalue weighted by Crippen LogP contribution is -2.47. The molecule has 3 fully saturated rings. The van der Waals surface area contributed by atoms with Gasteiger partial charge in [0.05, 0.1) is 6.54 Å². The van der Waals surface area contributed by atoms with E-state index in [9.17, 15) is 9.59 Å². The number of likely N-dealkylation sites (tertiary alicyclic amines) is 3. The lowest BCUT2D eigenvalue weighted by Gasteiger charge is -2.37. The molecule has 5 nitrogen and oxygen atoms in total. The Balaban J connectivity index is 1.25. The van der Waals surface area contributed by atoms with Crippen LogP contribution < -0.4 is 0 Å². The first-order chi connectivity index (χ1) is 15.6. The van der Waals surface area contributed by atoms with Gasteiger partial charge in [-0.25, -0.2) is 0 Å². The normalized spacial score (nSPS) is 24.5. The summed E-state index contributed by atoms with van der Waals surface area (Å²) < 4.78 is 0. The number of benzene rings is 1. The molecule has 1 aromatic rings. The highest BCUT2D eigenvalue weighted by atomic mass is 16.2. The van der Waals surface area contributed by atoms with Crippen molar-refractivity contribution in [3.8, 4) is 0 Å². The van der Waals surface area contributed by atoms with Gasteiger partial charge in [-0.05, 0) is 75.4 Å². The van der Waals surface area contributed by atoms with Crippen molar-refractivity contribution in [1.82, 2.24) is 14.7 Å². The Kier molecular flexibility index (Phi) is 8.23. The molecule has 4 rings (SSSR count). The molecule has 3 aliphatic rings. The highest BCUT2D eigenvalue weighted by molar-refractivity contribution is 5.79. The summed E-state index contributed by atoms with van der Waals surface area (Å²) in [6.45, 7) is 8.33. The highest BCUT2D eigenvalue weighted by Crippen LogP contribution is 2.32. The molecule has 0 aliphatic carbocycles. The van der Waals surface area contributed by atoms with Crippen molar-refractivity contribution in [2.24, 2.45) is 17.8 Å². The van der Waals surface area contributed by atoms with E-state index in [-0.39, 0.29) is 5.92 Å². The van der Waals surface area contributed by atoms with Crippen LogP contribution in [0.3, 0.4) is 0 Å². The second kappa shape index (κ2) is 11.3. The van der Waals surface area contributed by atoms with Gasteiger partial charge in [0.25, 0.3) is 0 Å². The van der Waals surface area contributed by atoms with Crippen LogP contribution in [-0.4, -0.2) is 72.3 Å². The summed E-state index contributed by atoms with van der Waals surface area (Å²) in [5.74, 6) is 2.08. The van der Waals surface area contributed by atoms with Crippen molar-refractivity contribution in [1.29, 1.82) is 0 Å². The SMILES string of the molecule is CC1CCN(C(=O)CN2CCC(C3CCCCN(CCc4ccccc4)C3=O)CC2)CC1. The number of carbonyl (C=O) groups is 2. The van der Waals surface area contributed by atoms with E-state index in [0.717, 1.165) is 96.6 Å². The minimum Gasteiger partial charge on any atom is -0.342 e. The Labute approximate surface area is 194 Å². The van der Waals surface area contributed by atoms with Gasteiger partial charge in [0.15, 0.2) is 0 Å². The van der Waals surface area contributed by atoms with Crippen LogP contribution in [0.15, 0.2) is 30.3 Å². The predicted octanol–water partition coefficient (Wildman–Crippen LogP) is 3.83. The summed E-state index contributed by atoms with van der Waals surface area (Å²) in [6, 6.07) is 10.5. The second-order valence-corrected chi connectivity index (χ2v) is 10.3. The fraction of sp³-hybridized carbons (Fsp3) is 0.704. The van der Waals surface area contributed by atoms with Crippen LogP contribution in [0.2, 0.25) is 0 Å². The van der Waals surface area contributed by atoms with Crippen LogP contribution >= 0.6 is 0 Å². The molecule has 0 N–H and O–H groups in total. The molecule has 0 bridgehead atoms. The first-order valence-electron chi connectivity index (χ1n) is 12.9. The summed E-state index contributed by atoms with van der Waals surface area (Å²) >= 11 is 0. The molecule has 0 aromatic heterocycles. The molecule has 0 radical (unpaired) electrons. The van der Waals surface area contributed by atoms with Gasteiger partial charge in [0.1, 0.15) is 0 Å². The van der Waals surface area contributed by atoms with Gasteiger partial charge in [-0.3, -0.25) is 14.5 Å². The third-order valence-corrected chi connectivity index (χ3v) is 8.03. The van der Waals surface area contributed by atoms with Crippen molar-refractivity contribution >= 4 is 11.8 Å². The van der Waals surface area contributed by atoms with Crippen LogP contribution in [0.5, 0.6) is 0 Å². The first kappa shape index (κ1) is 23.3. The highest BCUT2D eigenvalue weighted by Gasteiger charge is 2.35. The lowest BCUT2D eigenvalue weighted by molar-refractivity contribution is -0.138. The van der Waals surface area contributed by atoms with Crippen molar-refractivity contribution in [2.45, 2.75) is 58.3 Å². The van der Waals surface area contributed by atoms with Gasteiger partial charge in [-0.1, -0.05) is 43.7 Å². The van der Waals surface area contributed by atoms with Crippen LogP contribution in [0.4, 0.5) is 0 Å². The number of nitrogens with zero attached hydrogens (tertiary/aromatic N) is 3. The average Bonchev–Trinajstić information content (AvgIpc) is 3.00. The first-order valence-corrected chi connectivity index (χ1v) is 12.9. The third-order valence-electron chi connectivity index (χ3n) is 8.03. The average molecular weight is 440 g/mol. The number of rotatable bonds is 6. The van der Waals surface area contributed by atoms with E-state index < -0.39 is 0 Å². The molecule has 1 aromatic carbocycles. The quantitative estimate of drug-likeness (QED) is 0.677. The molecule has 1 atom stereocenters. The molecule has 32 heavy (non-hydrogen) atoms. The summed E-state index contributed by atoms with van der Waals surface area (Å²) in [5, 5.41) is 0. The molecule has 5 heteroatoms. The van der Waals surface area contributed by atoms with E-state index in [0.29, 0.717) is 24.3 Å². The minimum atomic E-state index is 0.176. The molecule has 3 aliphatic heterocycles. The maximum Gasteiger partial charge on any atom is 0.236 e. The van der Waals surface area contributed by atoms with E-state index in [1.54, 1.807) is 0 Å². The Bertz CT molecular complexity index is 737. The molecule has 0 spiro atoms. The smallest absolute Gasteiger partial charge is 0.236 e. The number of hydrogen-bond acceptors (Lipinski definition) is 3. The van der Waals surface area contributed by atoms with E-state index in [2.05, 4.69) is 45.9 Å². The van der Waals surface area contributed by atoms with Gasteiger partial charge < -0.3 is 9.80 Å². The molecule has 0 saturated carbocycles. The molecule has 176 valence electrons. The standard InChI is InChI=1S/C27H41N3O2/c1-22-10-18-29(19-11-22)26(31)21-28-16-13-24(14-17-28)25-9-5-6-15-30(27(25)32)20-12-23-7-3-2-4-8-23/h2-4,7-8,22,24-25H,5-6,9-21H2,1H3. The zero-order chi connectivity index (χ0) is 22.3. The number of amides is 2. The topological polar surface area (TPSA) is 43.9 Å². The van der Waals surface area contributed by atoms with Crippen molar-refractivity contribution in [3.05, 3.63) is 35.9 Å². The Morgan fingerprint density at radius 1 is 0.906 bits per heavy atom. The van der Waals surface area contributed by atoms with Crippen molar-refractivity contribution < 1.29 is 9.59 Å². The van der Waals surface area contributed by atoms with Crippen LogP contribution in [0, 0.1) is 17.8 Å². The summed E-state index contributed by atoms with van der Waals surface area (Å²) in [4.78, 5) is 32.6. The van der Waals surface area contributed by atoms with Gasteiger partial charge >= 0.3 is 0 Å². The second-order valence-electron chi connectivity index (χ2n) is 10.3. The van der Waals surface area contributed by atoms with Crippen molar-refractivity contribution in [2.75, 3.05) is 45.8 Å². The Hall–Kier alpha value is -1.88. The number of hydrogen-bond donors (Lipinski definition) is 0. The Morgan fingerprint density at radius 2 is 1.62 bits per heavy atom. The van der Waals surface area contributed by atoms with Gasteiger partial charge in [-0.15, -0.1) is 0 Å². The Morgan fingerprint density at radius 3 is 2.34 bits per heavy atom. The van der Waals surface area contributed by atoms with E-state index in [1.807, 2.05) is 6.07 Å². The van der Waals surface area contributed by atoms with Gasteiger partial charge in [0.2, 0.25) is 11.8 Å². The van der Waals surface area contributed by atoms with Crippen molar-refractivity contribution in [3.63, 3.8) is 0 Å². The maximum absolute atomic E-state index is 13.4. The number of carbonyl (C=O) groups excluding carboxylic acids is 2. The summed E-state index contributed by atoms with van der Waals surface area (Å²) in [7, 11) is 0. The zero-order valence-corrected chi connectivity index (χ0v) is 19.9. The molecular formula is C27H41N3O2. The zero-order valence-electron chi connectivity index (χ0n) is 19.9. The van der Waals surface area contributed by atoms with Crippen LogP contribution in [0.1, 0.15) is 57.4 Å². The molecule has 1 unspecified atom stereocenters. The summed E-state index contributed by atoms with van der Waals surface area (Å²) in [5.41, 5.74) is 1.31. The van der Waals surface area contributed by atoms with Crippen LogP contribution in [0.25, 0.3) is 0 Å². The van der Waals surface area contributed by atoms with E-state index in [1.165, 1.54) is 5.56 Å². The molecular weight excluding hydrogens is 398 g/mol. The van der Waals surface area contributed by atoms with E-state index in [4.69, 9.17) is 0 Å². The monoisotopic (exact) mass is 439 g/mol. The molecule has 3 heterocycles. The summed E-state index contributed by atoms with van der Waals surface area (Å²) in [6.07, 6.45) is 8.63. The van der Waals surface area contributed by atoms with E-state index >= 15 is 0 Å². The van der Waals surface area contributed by atoms with Gasteiger partial charge in [-0.2, -0.15) is 0 Å². The fourth-order valence-corrected chi connectivity index (χ4v) is 5.77. The molecule has 3 saturated heterocycles.